The number of likely N-dealkylation sites (tertiary alicyclic amines) is 1. The van der Waals surface area contributed by atoms with Crippen molar-refractivity contribution >= 4 is 35.2 Å². The molecule has 2 bridgehead atoms. The summed E-state index contributed by atoms with van der Waals surface area (Å²) < 4.78 is -1.23. The van der Waals surface area contributed by atoms with Crippen LogP contribution in [0.15, 0.2) is 91.0 Å². The van der Waals surface area contributed by atoms with Crippen LogP contribution in [-0.2, 0) is 27.3 Å². The lowest BCUT2D eigenvalue weighted by Gasteiger charge is -2.37. The lowest BCUT2D eigenvalue weighted by molar-refractivity contribution is -0.142. The number of hydrogen-bond acceptors (Lipinski definition) is 5. The minimum absolute atomic E-state index is 0.194. The van der Waals surface area contributed by atoms with Crippen LogP contribution in [-0.4, -0.2) is 55.9 Å². The number of amides is 3. The van der Waals surface area contributed by atoms with Crippen LogP contribution in [0.1, 0.15) is 30.9 Å². The number of carbonyl (C=O) groups excluding carboxylic acids is 3. The van der Waals surface area contributed by atoms with Gasteiger partial charge >= 0.3 is 0 Å². The maximum absolute atomic E-state index is 14.5. The van der Waals surface area contributed by atoms with E-state index in [9.17, 15) is 19.5 Å². The first-order valence-corrected chi connectivity index (χ1v) is 15.0. The van der Waals surface area contributed by atoms with Crippen LogP contribution in [0.3, 0.4) is 0 Å². The van der Waals surface area contributed by atoms with Crippen LogP contribution in [0.4, 0.5) is 5.69 Å². The van der Waals surface area contributed by atoms with Gasteiger partial charge in [0.1, 0.15) is 6.04 Å². The summed E-state index contributed by atoms with van der Waals surface area (Å²) in [4.78, 5) is 44.1. The van der Waals surface area contributed by atoms with Gasteiger partial charge in [0.25, 0.3) is 0 Å². The van der Waals surface area contributed by atoms with Gasteiger partial charge in [-0.1, -0.05) is 78.9 Å². The number of aliphatic hydroxyl groups is 1. The number of nitrogens with one attached hydrogen (secondary N) is 2. The van der Waals surface area contributed by atoms with Crippen molar-refractivity contribution in [2.75, 3.05) is 11.9 Å². The summed E-state index contributed by atoms with van der Waals surface area (Å²) >= 11 is 1.63. The molecule has 2 unspecified atom stereocenters. The van der Waals surface area contributed by atoms with E-state index in [1.54, 1.807) is 16.7 Å². The zero-order chi connectivity index (χ0) is 28.6. The smallest absolute Gasteiger partial charge is 0.244 e. The first-order chi connectivity index (χ1) is 19.9. The quantitative estimate of drug-likeness (QED) is 0.362. The first-order valence-electron chi connectivity index (χ1n) is 14.2. The highest BCUT2D eigenvalue weighted by Crippen LogP contribution is 2.71. The van der Waals surface area contributed by atoms with Crippen molar-refractivity contribution in [1.82, 2.24) is 10.2 Å². The van der Waals surface area contributed by atoms with Crippen molar-refractivity contribution in [3.05, 3.63) is 102 Å². The second-order valence-electron chi connectivity index (χ2n) is 11.6. The Bertz CT molecular complexity index is 1420. The second kappa shape index (κ2) is 11.0. The second-order valence-corrected chi connectivity index (χ2v) is 13.5. The lowest BCUT2D eigenvalue weighted by atomic mass is 9.66. The van der Waals surface area contributed by atoms with Gasteiger partial charge in [0.15, 0.2) is 0 Å². The lowest BCUT2D eigenvalue weighted by Crippen LogP contribution is -2.56. The third kappa shape index (κ3) is 4.83. The SMILES string of the molecule is C[C@]12CCC3(S1)C(C(=O)NCc1ccccc1)N([C@@H](CO)Cc1ccccc1)C(=O)[C@@H]3[C@H]2C(=O)Nc1ccccc1. The van der Waals surface area contributed by atoms with E-state index in [1.807, 2.05) is 91.0 Å². The number of thioether (sulfide) groups is 1. The molecule has 3 aliphatic rings. The number of nitrogens with zero attached hydrogens (tertiary/aromatic N) is 1. The molecule has 3 heterocycles. The fourth-order valence-electron chi connectivity index (χ4n) is 7.22. The van der Waals surface area contributed by atoms with E-state index in [2.05, 4.69) is 17.6 Å². The topological polar surface area (TPSA) is 98.7 Å². The average molecular weight is 570 g/mol. The number of fused-ring (bicyclic) bond motifs is 1. The highest BCUT2D eigenvalue weighted by atomic mass is 32.2. The van der Waals surface area contributed by atoms with Crippen LogP contribution >= 0.6 is 11.8 Å². The molecule has 3 fully saturated rings. The van der Waals surface area contributed by atoms with Gasteiger partial charge in [0, 0.05) is 17.0 Å². The fourth-order valence-corrected chi connectivity index (χ4v) is 9.56. The van der Waals surface area contributed by atoms with E-state index in [4.69, 9.17) is 0 Å². The number of aliphatic hydroxyl groups excluding tert-OH is 1. The maximum atomic E-state index is 14.5. The molecule has 3 saturated heterocycles. The summed E-state index contributed by atoms with van der Waals surface area (Å²) in [6, 6.07) is 27.3. The van der Waals surface area contributed by atoms with Gasteiger partial charge in [0.2, 0.25) is 17.7 Å². The number of benzene rings is 3. The predicted octanol–water partition coefficient (Wildman–Crippen LogP) is 4.03. The molecule has 3 aromatic rings. The van der Waals surface area contributed by atoms with Crippen molar-refractivity contribution in [2.24, 2.45) is 11.8 Å². The van der Waals surface area contributed by atoms with Crippen molar-refractivity contribution in [1.29, 1.82) is 0 Å². The molecule has 6 rings (SSSR count). The van der Waals surface area contributed by atoms with Gasteiger partial charge in [0.05, 0.1) is 29.2 Å². The van der Waals surface area contributed by atoms with Crippen LogP contribution in [0.25, 0.3) is 0 Å². The molecule has 3 N–H and O–H groups in total. The molecule has 41 heavy (non-hydrogen) atoms. The number of hydrogen-bond donors (Lipinski definition) is 3. The van der Waals surface area contributed by atoms with Gasteiger partial charge in [-0.2, -0.15) is 0 Å². The van der Waals surface area contributed by atoms with E-state index in [0.717, 1.165) is 17.5 Å². The van der Waals surface area contributed by atoms with E-state index in [-0.39, 0.29) is 24.3 Å². The number of carbonyl (C=O) groups is 3. The van der Waals surface area contributed by atoms with E-state index in [0.29, 0.717) is 25.1 Å². The van der Waals surface area contributed by atoms with Crippen molar-refractivity contribution in [3.8, 4) is 0 Å². The zero-order valence-electron chi connectivity index (χ0n) is 23.0. The molecule has 212 valence electrons. The van der Waals surface area contributed by atoms with Gasteiger partial charge in [-0.05, 0) is 49.4 Å². The van der Waals surface area contributed by atoms with E-state index >= 15 is 0 Å². The molecule has 7 nitrogen and oxygen atoms in total. The average Bonchev–Trinajstić information content (AvgIpc) is 3.57. The fraction of sp³-hybridized carbons (Fsp3) is 0.364. The third-order valence-electron chi connectivity index (χ3n) is 9.01. The van der Waals surface area contributed by atoms with E-state index in [1.165, 1.54) is 0 Å². The molecular weight excluding hydrogens is 534 g/mol. The highest BCUT2D eigenvalue weighted by Gasteiger charge is 2.77. The minimum Gasteiger partial charge on any atom is -0.394 e. The Morgan fingerprint density at radius 1 is 0.927 bits per heavy atom. The summed E-state index contributed by atoms with van der Waals surface area (Å²) in [6.07, 6.45) is 1.80. The molecule has 0 aliphatic carbocycles. The van der Waals surface area contributed by atoms with Gasteiger partial charge in [-0.15, -0.1) is 11.8 Å². The maximum Gasteiger partial charge on any atom is 0.244 e. The summed E-state index contributed by atoms with van der Waals surface area (Å²) in [5.41, 5.74) is 2.61. The molecule has 0 aromatic heterocycles. The third-order valence-corrected chi connectivity index (χ3v) is 11.0. The highest BCUT2D eigenvalue weighted by molar-refractivity contribution is 8.02. The Hall–Kier alpha value is -3.62. The summed E-state index contributed by atoms with van der Waals surface area (Å²) in [7, 11) is 0. The van der Waals surface area contributed by atoms with Crippen LogP contribution < -0.4 is 10.6 Å². The molecule has 0 radical (unpaired) electrons. The Balaban J connectivity index is 1.36. The van der Waals surface area contributed by atoms with Crippen molar-refractivity contribution in [3.63, 3.8) is 0 Å². The van der Waals surface area contributed by atoms with Gasteiger partial charge in [-0.25, -0.2) is 0 Å². The molecule has 3 aliphatic heterocycles. The summed E-state index contributed by atoms with van der Waals surface area (Å²) in [6.45, 7) is 2.11. The molecule has 8 heteroatoms. The molecule has 3 aromatic carbocycles. The summed E-state index contributed by atoms with van der Waals surface area (Å²) in [5.74, 6) is -1.91. The van der Waals surface area contributed by atoms with Crippen molar-refractivity contribution < 1.29 is 19.5 Å². The normalized spacial score (nSPS) is 28.8. The molecule has 6 atom stereocenters. The largest absolute Gasteiger partial charge is 0.394 e. The Morgan fingerprint density at radius 3 is 2.17 bits per heavy atom. The zero-order valence-corrected chi connectivity index (χ0v) is 23.8. The van der Waals surface area contributed by atoms with E-state index < -0.39 is 33.4 Å². The first kappa shape index (κ1) is 27.5. The minimum atomic E-state index is -0.800. The van der Waals surface area contributed by atoms with Crippen LogP contribution in [0, 0.1) is 11.8 Å². The Morgan fingerprint density at radius 2 is 1.54 bits per heavy atom. The van der Waals surface area contributed by atoms with Gasteiger partial charge in [-0.3, -0.25) is 14.4 Å². The number of rotatable bonds is 9. The standard InChI is InChI=1S/C33H35N3O4S/c1-32-17-18-33(41-32)27(26(32)29(38)35-24-15-9-4-10-16-24)31(40)36(25(21-37)19-22-11-5-2-6-12-22)28(33)30(39)34-20-23-13-7-3-8-14-23/h2-16,25-28,37H,17-21H2,1H3,(H,34,39)(H,35,38)/t25-,26+,27+,28?,32-,33?/m1/s1. The van der Waals surface area contributed by atoms with Crippen LogP contribution in [0.5, 0.6) is 0 Å². The number of anilines is 1. The summed E-state index contributed by atoms with van der Waals surface area (Å²) in [5, 5.41) is 16.7. The Kier molecular flexibility index (Phi) is 7.38. The predicted molar refractivity (Wildman–Crippen MR) is 160 cm³/mol. The number of para-hydroxylation sites is 1. The monoisotopic (exact) mass is 569 g/mol. The molecular formula is C33H35N3O4S. The van der Waals surface area contributed by atoms with Crippen molar-refractivity contribution in [2.45, 2.75) is 54.3 Å². The van der Waals surface area contributed by atoms with Crippen LogP contribution in [0.2, 0.25) is 0 Å². The molecule has 0 saturated carbocycles. The van der Waals surface area contributed by atoms with Gasteiger partial charge < -0.3 is 20.6 Å². The Labute approximate surface area is 244 Å². The molecule has 3 amide bonds. The molecule has 1 spiro atoms.